The summed E-state index contributed by atoms with van der Waals surface area (Å²) in [6.45, 7) is 3.20. The number of ether oxygens (including phenoxy) is 1. The molecule has 6 nitrogen and oxygen atoms in total. The summed E-state index contributed by atoms with van der Waals surface area (Å²) in [4.78, 5) is 12.7. The molecule has 34 heavy (non-hydrogen) atoms. The summed E-state index contributed by atoms with van der Waals surface area (Å²) in [5.74, 6) is 1.29. The average Bonchev–Trinajstić information content (AvgIpc) is 3.28. The minimum atomic E-state index is -0.160. The fourth-order valence-electron chi connectivity index (χ4n) is 3.60. The Morgan fingerprint density at radius 1 is 0.971 bits per heavy atom. The lowest BCUT2D eigenvalue weighted by Crippen LogP contribution is -2.25. The zero-order chi connectivity index (χ0) is 23.8. The molecule has 3 aromatic carbocycles. The molecule has 0 fully saturated rings. The highest BCUT2D eigenvalue weighted by molar-refractivity contribution is 7.99. The first kappa shape index (κ1) is 23.6. The number of nitrogens with one attached hydrogen (secondary N) is 1. The number of thioether (sulfide) groups is 1. The summed E-state index contributed by atoms with van der Waals surface area (Å²) in [6, 6.07) is 27.8. The van der Waals surface area contributed by atoms with Gasteiger partial charge >= 0.3 is 0 Å². The number of carbonyl (C=O) groups excluding carboxylic acids is 1. The number of hydrogen-bond donors (Lipinski definition) is 1. The second kappa shape index (κ2) is 11.5. The Labute approximate surface area is 204 Å². The van der Waals surface area contributed by atoms with E-state index in [1.807, 2.05) is 36.4 Å². The van der Waals surface area contributed by atoms with Gasteiger partial charge in [-0.15, -0.1) is 10.2 Å². The van der Waals surface area contributed by atoms with Gasteiger partial charge in [-0.05, 0) is 48.7 Å². The van der Waals surface area contributed by atoms with Crippen LogP contribution in [0.15, 0.2) is 90.1 Å². The highest BCUT2D eigenvalue weighted by atomic mass is 32.2. The Morgan fingerprint density at radius 2 is 1.65 bits per heavy atom. The van der Waals surface area contributed by atoms with Gasteiger partial charge in [0.1, 0.15) is 5.75 Å². The van der Waals surface area contributed by atoms with E-state index < -0.39 is 0 Å². The summed E-state index contributed by atoms with van der Waals surface area (Å²) in [6.07, 6.45) is 0.853. The van der Waals surface area contributed by atoms with E-state index in [4.69, 9.17) is 4.74 Å². The van der Waals surface area contributed by atoms with Crippen molar-refractivity contribution in [3.8, 4) is 5.75 Å². The van der Waals surface area contributed by atoms with Crippen molar-refractivity contribution in [2.24, 2.45) is 0 Å². The van der Waals surface area contributed by atoms with Crippen LogP contribution in [0.2, 0.25) is 0 Å². The molecule has 0 aliphatic heterocycles. The van der Waals surface area contributed by atoms with Crippen molar-refractivity contribution < 1.29 is 9.53 Å². The van der Waals surface area contributed by atoms with Gasteiger partial charge in [-0.1, -0.05) is 72.4 Å². The number of methoxy groups -OCH3 is 1. The Hall–Kier alpha value is -3.58. The molecule has 0 aliphatic carbocycles. The van der Waals surface area contributed by atoms with Crippen molar-refractivity contribution >= 4 is 17.7 Å². The van der Waals surface area contributed by atoms with Gasteiger partial charge in [0.15, 0.2) is 11.0 Å². The van der Waals surface area contributed by atoms with Gasteiger partial charge in [0.2, 0.25) is 0 Å². The monoisotopic (exact) mass is 472 g/mol. The van der Waals surface area contributed by atoms with Crippen LogP contribution in [-0.4, -0.2) is 27.8 Å². The summed E-state index contributed by atoms with van der Waals surface area (Å²) >= 11 is 1.68. The highest BCUT2D eigenvalue weighted by Gasteiger charge is 2.17. The van der Waals surface area contributed by atoms with Crippen LogP contribution in [0.3, 0.4) is 0 Å². The molecule has 1 unspecified atom stereocenters. The molecule has 1 heterocycles. The molecule has 7 heteroatoms. The fourth-order valence-corrected chi connectivity index (χ4v) is 4.62. The number of aromatic nitrogens is 3. The van der Waals surface area contributed by atoms with Gasteiger partial charge < -0.3 is 14.6 Å². The predicted octanol–water partition coefficient (Wildman–Crippen LogP) is 5.31. The lowest BCUT2D eigenvalue weighted by Gasteiger charge is -2.14. The Balaban J connectivity index is 1.50. The third-order valence-corrected chi connectivity index (χ3v) is 6.71. The zero-order valence-electron chi connectivity index (χ0n) is 19.3. The van der Waals surface area contributed by atoms with Crippen LogP contribution in [0, 0.1) is 0 Å². The molecule has 4 rings (SSSR count). The van der Waals surface area contributed by atoms with E-state index in [9.17, 15) is 4.79 Å². The van der Waals surface area contributed by atoms with Crippen molar-refractivity contribution in [1.82, 2.24) is 20.1 Å². The fraction of sp³-hybridized carbons (Fsp3) is 0.222. The molecule has 1 atom stereocenters. The molecule has 1 amide bonds. The molecule has 0 saturated carbocycles. The van der Waals surface area contributed by atoms with Crippen LogP contribution in [0.4, 0.5) is 0 Å². The van der Waals surface area contributed by atoms with Gasteiger partial charge in [0, 0.05) is 17.4 Å². The van der Waals surface area contributed by atoms with Crippen molar-refractivity contribution in [1.29, 1.82) is 0 Å². The first-order valence-electron chi connectivity index (χ1n) is 11.2. The van der Waals surface area contributed by atoms with E-state index >= 15 is 0 Å². The summed E-state index contributed by atoms with van der Waals surface area (Å²) in [5.41, 5.74) is 3.05. The molecule has 0 aliphatic rings. The quantitative estimate of drug-likeness (QED) is 0.317. The van der Waals surface area contributed by atoms with Crippen LogP contribution in [0.1, 0.15) is 39.5 Å². The van der Waals surface area contributed by atoms with Gasteiger partial charge in [-0.2, -0.15) is 0 Å². The van der Waals surface area contributed by atoms with Crippen LogP contribution >= 0.6 is 11.8 Å². The molecule has 0 bridgehead atoms. The number of benzene rings is 3. The smallest absolute Gasteiger partial charge is 0.251 e. The Bertz CT molecular complexity index is 1190. The maximum absolute atomic E-state index is 12.7. The maximum Gasteiger partial charge on any atom is 0.251 e. The van der Waals surface area contributed by atoms with Crippen LogP contribution < -0.4 is 10.1 Å². The van der Waals surface area contributed by atoms with Crippen molar-refractivity contribution in [3.63, 3.8) is 0 Å². The Kier molecular flexibility index (Phi) is 7.99. The number of amides is 1. The van der Waals surface area contributed by atoms with E-state index in [-0.39, 0.29) is 11.2 Å². The predicted molar refractivity (Wildman–Crippen MR) is 135 cm³/mol. The van der Waals surface area contributed by atoms with Crippen molar-refractivity contribution in [2.75, 3.05) is 7.11 Å². The molecular weight excluding hydrogens is 444 g/mol. The van der Waals surface area contributed by atoms with E-state index in [0.717, 1.165) is 23.9 Å². The van der Waals surface area contributed by atoms with Gasteiger partial charge in [0.05, 0.1) is 13.7 Å². The van der Waals surface area contributed by atoms with Gasteiger partial charge in [-0.3, -0.25) is 4.79 Å². The molecular formula is C27H28N4O2S. The first-order chi connectivity index (χ1) is 16.6. The van der Waals surface area contributed by atoms with E-state index in [1.165, 1.54) is 11.1 Å². The second-order valence-corrected chi connectivity index (χ2v) is 9.18. The summed E-state index contributed by atoms with van der Waals surface area (Å²) < 4.78 is 7.28. The third-order valence-electron chi connectivity index (χ3n) is 5.57. The third kappa shape index (κ3) is 6.05. The number of nitrogens with zero attached hydrogens (tertiary/aromatic N) is 3. The molecule has 1 aromatic heterocycles. The van der Waals surface area contributed by atoms with Crippen LogP contribution in [0.25, 0.3) is 0 Å². The summed E-state index contributed by atoms with van der Waals surface area (Å²) in [7, 11) is 1.60. The number of aryl methyl sites for hydroxylation is 1. The highest BCUT2D eigenvalue weighted by Crippen LogP contribution is 2.34. The molecule has 0 radical (unpaired) electrons. The molecule has 4 aromatic rings. The average molecular weight is 473 g/mol. The first-order valence-corrected chi connectivity index (χ1v) is 12.1. The van der Waals surface area contributed by atoms with Crippen molar-refractivity contribution in [2.45, 2.75) is 36.8 Å². The molecule has 174 valence electrons. The van der Waals surface area contributed by atoms with E-state index in [1.54, 1.807) is 43.1 Å². The van der Waals surface area contributed by atoms with E-state index in [0.29, 0.717) is 17.9 Å². The second-order valence-electron chi connectivity index (χ2n) is 7.87. The SMILES string of the molecule is COc1ccc(C(=O)NCc2nnc(SC(C)c3ccccc3)n2CCc2ccccc2)cc1. The maximum atomic E-state index is 12.7. The molecule has 0 saturated heterocycles. The van der Waals surface area contributed by atoms with Crippen LogP contribution in [0.5, 0.6) is 5.75 Å². The molecule has 1 N–H and O–H groups in total. The van der Waals surface area contributed by atoms with Crippen molar-refractivity contribution in [3.05, 3.63) is 107 Å². The lowest BCUT2D eigenvalue weighted by molar-refractivity contribution is 0.0949. The largest absolute Gasteiger partial charge is 0.497 e. The lowest BCUT2D eigenvalue weighted by atomic mass is 10.1. The minimum absolute atomic E-state index is 0.160. The number of hydrogen-bond acceptors (Lipinski definition) is 5. The van der Waals surface area contributed by atoms with Gasteiger partial charge in [0.25, 0.3) is 5.91 Å². The normalized spacial score (nSPS) is 11.7. The van der Waals surface area contributed by atoms with Gasteiger partial charge in [-0.25, -0.2) is 0 Å². The Morgan fingerprint density at radius 3 is 2.32 bits per heavy atom. The topological polar surface area (TPSA) is 69.0 Å². The number of rotatable bonds is 10. The zero-order valence-corrected chi connectivity index (χ0v) is 20.2. The van der Waals surface area contributed by atoms with E-state index in [2.05, 4.69) is 51.3 Å². The number of carbonyl (C=O) groups is 1. The van der Waals surface area contributed by atoms with Crippen LogP contribution in [-0.2, 0) is 19.5 Å². The standard InChI is InChI=1S/C27H28N4O2S/c1-20(22-11-7-4-8-12-22)34-27-30-29-25(31(27)18-17-21-9-5-3-6-10-21)19-28-26(32)23-13-15-24(33-2)16-14-23/h3-16,20H,17-19H2,1-2H3,(H,28,32). The summed E-state index contributed by atoms with van der Waals surface area (Å²) in [5, 5.41) is 13.0. The minimum Gasteiger partial charge on any atom is -0.497 e. The molecule has 0 spiro atoms.